The topological polar surface area (TPSA) is 29.5 Å². The number of rotatable bonds is 3. The fraction of sp³-hybridized carbons (Fsp3) is 0.176. The van der Waals surface area contributed by atoms with Crippen LogP contribution in [0.2, 0.25) is 10.0 Å². The van der Waals surface area contributed by atoms with E-state index in [1.54, 1.807) is 18.2 Å². The third-order valence-corrected chi connectivity index (χ3v) is 3.48. The lowest BCUT2D eigenvalue weighted by atomic mass is 10.1. The Labute approximate surface area is 134 Å². The molecule has 0 atom stereocenters. The van der Waals surface area contributed by atoms with E-state index in [2.05, 4.69) is 11.8 Å². The molecule has 0 aliphatic carbocycles. The summed E-state index contributed by atoms with van der Waals surface area (Å²) in [4.78, 5) is 0. The van der Waals surface area contributed by atoms with Crippen LogP contribution in [0.15, 0.2) is 36.4 Å². The standard InChI is InChI=1S/C17H14Cl2O2/c1-12-9-13(3-2-8-20)4-7-17(12)21-11-14-10-15(18)5-6-16(14)19/h4-7,9-10,20H,8,11H2,1H3. The van der Waals surface area contributed by atoms with Gasteiger partial charge in [0.25, 0.3) is 0 Å². The molecule has 0 aromatic heterocycles. The van der Waals surface area contributed by atoms with Crippen LogP contribution in [0.5, 0.6) is 5.75 Å². The summed E-state index contributed by atoms with van der Waals surface area (Å²) in [6.45, 7) is 2.14. The van der Waals surface area contributed by atoms with Gasteiger partial charge in [0.15, 0.2) is 0 Å². The van der Waals surface area contributed by atoms with Crippen molar-refractivity contribution in [3.05, 3.63) is 63.1 Å². The van der Waals surface area contributed by atoms with E-state index in [9.17, 15) is 0 Å². The van der Waals surface area contributed by atoms with Gasteiger partial charge in [0.1, 0.15) is 19.0 Å². The number of aliphatic hydroxyl groups is 1. The monoisotopic (exact) mass is 320 g/mol. The van der Waals surface area contributed by atoms with Crippen molar-refractivity contribution in [2.24, 2.45) is 0 Å². The normalized spacial score (nSPS) is 9.90. The van der Waals surface area contributed by atoms with Crippen LogP contribution >= 0.6 is 23.2 Å². The first kappa shape index (κ1) is 15.7. The average Bonchev–Trinajstić information content (AvgIpc) is 2.47. The number of benzene rings is 2. The molecule has 1 N–H and O–H groups in total. The van der Waals surface area contributed by atoms with E-state index in [1.165, 1.54) is 0 Å². The molecule has 2 rings (SSSR count). The minimum absolute atomic E-state index is 0.148. The molecule has 0 heterocycles. The summed E-state index contributed by atoms with van der Waals surface area (Å²) in [5.74, 6) is 6.24. The third-order valence-electron chi connectivity index (χ3n) is 2.88. The maximum Gasteiger partial charge on any atom is 0.122 e. The molecule has 0 aliphatic heterocycles. The number of aryl methyl sites for hydroxylation is 1. The first-order valence-corrected chi connectivity index (χ1v) is 7.13. The van der Waals surface area contributed by atoms with Crippen LogP contribution in [0.4, 0.5) is 0 Å². The van der Waals surface area contributed by atoms with Crippen molar-refractivity contribution < 1.29 is 9.84 Å². The molecule has 2 nitrogen and oxygen atoms in total. The number of halogens is 2. The number of hydrogen-bond acceptors (Lipinski definition) is 2. The molecular formula is C17H14Cl2O2. The molecule has 2 aromatic rings. The Morgan fingerprint density at radius 1 is 1.14 bits per heavy atom. The van der Waals surface area contributed by atoms with E-state index in [0.29, 0.717) is 16.7 Å². The molecular weight excluding hydrogens is 307 g/mol. The van der Waals surface area contributed by atoms with Gasteiger partial charge in [-0.15, -0.1) is 0 Å². The molecule has 21 heavy (non-hydrogen) atoms. The molecule has 0 unspecified atom stereocenters. The quantitative estimate of drug-likeness (QED) is 0.858. The zero-order valence-electron chi connectivity index (χ0n) is 11.5. The summed E-state index contributed by atoms with van der Waals surface area (Å²) in [7, 11) is 0. The Morgan fingerprint density at radius 3 is 2.67 bits per heavy atom. The fourth-order valence-electron chi connectivity index (χ4n) is 1.84. The Hall–Kier alpha value is -1.66. The number of hydrogen-bond donors (Lipinski definition) is 1. The summed E-state index contributed by atoms with van der Waals surface area (Å²) < 4.78 is 5.78. The van der Waals surface area contributed by atoms with Crippen LogP contribution in [-0.4, -0.2) is 11.7 Å². The van der Waals surface area contributed by atoms with E-state index in [1.807, 2.05) is 25.1 Å². The van der Waals surface area contributed by atoms with Gasteiger partial charge >= 0.3 is 0 Å². The Bertz CT molecular complexity index is 700. The highest BCUT2D eigenvalue weighted by atomic mass is 35.5. The van der Waals surface area contributed by atoms with Gasteiger partial charge in [-0.25, -0.2) is 0 Å². The highest BCUT2D eigenvalue weighted by Gasteiger charge is 2.05. The average molecular weight is 321 g/mol. The zero-order chi connectivity index (χ0) is 15.2. The SMILES string of the molecule is Cc1cc(C#CCO)ccc1OCc1cc(Cl)ccc1Cl. The van der Waals surface area contributed by atoms with E-state index < -0.39 is 0 Å². The van der Waals surface area contributed by atoms with Crippen LogP contribution < -0.4 is 4.74 Å². The molecule has 2 aromatic carbocycles. The molecule has 108 valence electrons. The van der Waals surface area contributed by atoms with E-state index in [4.69, 9.17) is 33.0 Å². The molecule has 4 heteroatoms. The van der Waals surface area contributed by atoms with Gasteiger partial charge in [0.05, 0.1) is 0 Å². The van der Waals surface area contributed by atoms with Crippen LogP contribution in [0.3, 0.4) is 0 Å². The van der Waals surface area contributed by atoms with Crippen molar-refractivity contribution in [3.8, 4) is 17.6 Å². The molecule has 0 bridgehead atoms. The molecule has 0 amide bonds. The number of ether oxygens (including phenoxy) is 1. The predicted molar refractivity (Wildman–Crippen MR) is 85.9 cm³/mol. The van der Waals surface area contributed by atoms with Crippen molar-refractivity contribution in [1.29, 1.82) is 0 Å². The van der Waals surface area contributed by atoms with Gasteiger partial charge in [0.2, 0.25) is 0 Å². The fourth-order valence-corrected chi connectivity index (χ4v) is 2.21. The number of aliphatic hydroxyl groups excluding tert-OH is 1. The van der Waals surface area contributed by atoms with Gasteiger partial charge < -0.3 is 9.84 Å². The van der Waals surface area contributed by atoms with E-state index in [0.717, 1.165) is 22.4 Å². The van der Waals surface area contributed by atoms with Crippen molar-refractivity contribution in [2.45, 2.75) is 13.5 Å². The Balaban J connectivity index is 2.11. The smallest absolute Gasteiger partial charge is 0.122 e. The lowest BCUT2D eigenvalue weighted by Crippen LogP contribution is -1.98. The molecule has 0 spiro atoms. The molecule has 0 saturated carbocycles. The van der Waals surface area contributed by atoms with Gasteiger partial charge in [0, 0.05) is 21.2 Å². The second kappa shape index (κ2) is 7.38. The van der Waals surface area contributed by atoms with Crippen LogP contribution in [-0.2, 0) is 6.61 Å². The van der Waals surface area contributed by atoms with Crippen molar-refractivity contribution in [3.63, 3.8) is 0 Å². The van der Waals surface area contributed by atoms with Gasteiger partial charge in [-0.3, -0.25) is 0 Å². The van der Waals surface area contributed by atoms with Crippen LogP contribution in [0.25, 0.3) is 0 Å². The lowest BCUT2D eigenvalue weighted by molar-refractivity contribution is 0.304. The van der Waals surface area contributed by atoms with Crippen molar-refractivity contribution >= 4 is 23.2 Å². The Kier molecular flexibility index (Phi) is 5.52. The van der Waals surface area contributed by atoms with Crippen LogP contribution in [0, 0.1) is 18.8 Å². The highest BCUT2D eigenvalue weighted by molar-refractivity contribution is 6.33. The van der Waals surface area contributed by atoms with Crippen LogP contribution in [0.1, 0.15) is 16.7 Å². The summed E-state index contributed by atoms with van der Waals surface area (Å²) >= 11 is 12.1. The second-order valence-electron chi connectivity index (χ2n) is 4.46. The maximum atomic E-state index is 8.69. The van der Waals surface area contributed by atoms with Crippen molar-refractivity contribution in [1.82, 2.24) is 0 Å². The highest BCUT2D eigenvalue weighted by Crippen LogP contribution is 2.24. The second-order valence-corrected chi connectivity index (χ2v) is 5.31. The lowest BCUT2D eigenvalue weighted by Gasteiger charge is -2.11. The first-order valence-electron chi connectivity index (χ1n) is 6.37. The third kappa shape index (κ3) is 4.41. The van der Waals surface area contributed by atoms with Gasteiger partial charge in [-0.1, -0.05) is 35.0 Å². The molecule has 0 radical (unpaired) electrons. The summed E-state index contributed by atoms with van der Waals surface area (Å²) in [6, 6.07) is 10.9. The zero-order valence-corrected chi connectivity index (χ0v) is 13.0. The summed E-state index contributed by atoms with van der Waals surface area (Å²) in [5, 5.41) is 9.94. The predicted octanol–water partition coefficient (Wildman–Crippen LogP) is 4.22. The molecule has 0 saturated heterocycles. The van der Waals surface area contributed by atoms with Gasteiger partial charge in [-0.2, -0.15) is 0 Å². The van der Waals surface area contributed by atoms with E-state index in [-0.39, 0.29) is 6.61 Å². The van der Waals surface area contributed by atoms with Gasteiger partial charge in [-0.05, 0) is 48.9 Å². The summed E-state index contributed by atoms with van der Waals surface area (Å²) in [5.41, 5.74) is 2.65. The minimum atomic E-state index is -0.148. The minimum Gasteiger partial charge on any atom is -0.489 e. The first-order chi connectivity index (χ1) is 10.1. The van der Waals surface area contributed by atoms with E-state index >= 15 is 0 Å². The molecule has 0 aliphatic rings. The Morgan fingerprint density at radius 2 is 1.95 bits per heavy atom. The largest absolute Gasteiger partial charge is 0.489 e. The maximum absolute atomic E-state index is 8.69. The molecule has 0 fully saturated rings. The summed E-state index contributed by atoms with van der Waals surface area (Å²) in [6.07, 6.45) is 0. The van der Waals surface area contributed by atoms with Crippen molar-refractivity contribution in [2.75, 3.05) is 6.61 Å².